The van der Waals surface area contributed by atoms with Gasteiger partial charge in [-0.2, -0.15) is 10.4 Å². The molecule has 2 aromatic heterocycles. The lowest BCUT2D eigenvalue weighted by Crippen LogP contribution is -2.53. The predicted octanol–water partition coefficient (Wildman–Crippen LogP) is 3.62. The molecule has 0 spiro atoms. The number of aliphatic imine (C=N–C) groups is 1. The van der Waals surface area contributed by atoms with Crippen LogP contribution in [0.15, 0.2) is 42.3 Å². The van der Waals surface area contributed by atoms with E-state index in [1.54, 1.807) is 29.2 Å². The number of aliphatic hydroxyl groups is 1. The normalized spacial score (nSPS) is 19.5. The van der Waals surface area contributed by atoms with E-state index in [1.807, 2.05) is 19.9 Å². The maximum atomic E-state index is 10.6. The number of ether oxygens (including phenoxy) is 1. The summed E-state index contributed by atoms with van der Waals surface area (Å²) in [4.78, 5) is 6.79. The molecule has 182 valence electrons. The van der Waals surface area contributed by atoms with Crippen LogP contribution in [-0.4, -0.2) is 63.8 Å². The van der Waals surface area contributed by atoms with Gasteiger partial charge < -0.3 is 20.1 Å². The van der Waals surface area contributed by atoms with E-state index >= 15 is 0 Å². The number of aliphatic hydroxyl groups excluding tert-OH is 1. The first-order chi connectivity index (χ1) is 16.4. The van der Waals surface area contributed by atoms with E-state index in [9.17, 15) is 10.4 Å². The monoisotopic (exact) mass is 464 g/mol. The first-order valence-corrected chi connectivity index (χ1v) is 12.0. The Morgan fingerprint density at radius 3 is 2.94 bits per heavy atom. The Balaban J connectivity index is 1.80. The molecule has 0 aliphatic carbocycles. The molecule has 1 aliphatic rings. The van der Waals surface area contributed by atoms with Crippen molar-refractivity contribution in [1.82, 2.24) is 19.8 Å². The third-order valence-corrected chi connectivity index (χ3v) is 6.11. The highest BCUT2D eigenvalue weighted by molar-refractivity contribution is 5.88. The van der Waals surface area contributed by atoms with Crippen LogP contribution in [-0.2, 0) is 0 Å². The molecule has 0 aromatic carbocycles. The fraction of sp³-hybridized carbons (Fsp3) is 0.500. The van der Waals surface area contributed by atoms with Crippen molar-refractivity contribution in [2.45, 2.75) is 52.7 Å². The number of nitrogens with one attached hydrogen (secondary N) is 1. The summed E-state index contributed by atoms with van der Waals surface area (Å²) >= 11 is 0. The minimum Gasteiger partial charge on any atom is -0.492 e. The molecule has 34 heavy (non-hydrogen) atoms. The summed E-state index contributed by atoms with van der Waals surface area (Å²) < 4.78 is 7.35. The molecule has 0 bridgehead atoms. The van der Waals surface area contributed by atoms with E-state index < -0.39 is 6.10 Å². The molecule has 3 rings (SSSR count). The number of aromatic nitrogens is 2. The summed E-state index contributed by atoms with van der Waals surface area (Å²) in [6.45, 7) is 15.0. The number of rotatable bonds is 9. The molecule has 8 heteroatoms. The summed E-state index contributed by atoms with van der Waals surface area (Å²) in [5.74, 6) is 2.12. The van der Waals surface area contributed by atoms with Gasteiger partial charge in [-0.05, 0) is 45.2 Å². The van der Waals surface area contributed by atoms with Gasteiger partial charge in [0.1, 0.15) is 17.7 Å². The third-order valence-electron chi connectivity index (χ3n) is 6.11. The average Bonchev–Trinajstić information content (AvgIpc) is 3.23. The van der Waals surface area contributed by atoms with Crippen LogP contribution in [0.5, 0.6) is 5.75 Å². The number of nitrogens with zero attached hydrogens (tertiary/aromatic N) is 5. The first kappa shape index (κ1) is 25.5. The van der Waals surface area contributed by atoms with Crippen molar-refractivity contribution >= 4 is 16.9 Å². The summed E-state index contributed by atoms with van der Waals surface area (Å²) in [5, 5.41) is 28.0. The van der Waals surface area contributed by atoms with Gasteiger partial charge in [0.2, 0.25) is 0 Å². The van der Waals surface area contributed by atoms with E-state index in [1.165, 1.54) is 0 Å². The number of hydrogen-bond donors (Lipinski definition) is 2. The zero-order chi connectivity index (χ0) is 24.7. The van der Waals surface area contributed by atoms with Crippen molar-refractivity contribution in [1.29, 1.82) is 5.26 Å². The minimum absolute atomic E-state index is 0.114. The molecule has 1 aliphatic heterocycles. The number of hydrogen-bond acceptors (Lipinski definition) is 6. The lowest BCUT2D eigenvalue weighted by atomic mass is 10.0. The summed E-state index contributed by atoms with van der Waals surface area (Å²) in [6.07, 6.45) is 8.30. The largest absolute Gasteiger partial charge is 0.492 e. The molecule has 1 fully saturated rings. The second-order valence-corrected chi connectivity index (χ2v) is 9.00. The van der Waals surface area contributed by atoms with Crippen LogP contribution in [0.3, 0.4) is 0 Å². The van der Waals surface area contributed by atoms with Crippen LogP contribution < -0.4 is 10.1 Å². The van der Waals surface area contributed by atoms with Gasteiger partial charge in [0.15, 0.2) is 0 Å². The van der Waals surface area contributed by atoms with Gasteiger partial charge in [-0.3, -0.25) is 0 Å². The zero-order valence-electron chi connectivity index (χ0n) is 20.7. The summed E-state index contributed by atoms with van der Waals surface area (Å²) in [6, 6.07) is 4.20. The Kier molecular flexibility index (Phi) is 8.85. The van der Waals surface area contributed by atoms with Gasteiger partial charge in [-0.15, -0.1) is 0 Å². The Morgan fingerprint density at radius 1 is 1.50 bits per heavy atom. The van der Waals surface area contributed by atoms with E-state index in [0.29, 0.717) is 35.9 Å². The van der Waals surface area contributed by atoms with E-state index in [-0.39, 0.29) is 6.04 Å². The number of fused-ring (bicyclic) bond motifs is 1. The highest BCUT2D eigenvalue weighted by atomic mass is 16.5. The molecule has 2 N–H and O–H groups in total. The van der Waals surface area contributed by atoms with E-state index in [0.717, 1.165) is 42.9 Å². The number of allylic oxidation sites excluding steroid dienone is 2. The molecule has 0 saturated carbocycles. The molecule has 2 aromatic rings. The Morgan fingerprint density at radius 2 is 2.29 bits per heavy atom. The van der Waals surface area contributed by atoms with Gasteiger partial charge in [-0.1, -0.05) is 26.5 Å². The number of piperidine rings is 1. The number of likely N-dealkylation sites (tertiary alicyclic amines) is 1. The highest BCUT2D eigenvalue weighted by Gasteiger charge is 2.27. The van der Waals surface area contributed by atoms with Crippen LogP contribution in [0.25, 0.3) is 11.1 Å². The molecule has 0 unspecified atom stereocenters. The molecule has 0 radical (unpaired) electrons. The van der Waals surface area contributed by atoms with Crippen molar-refractivity contribution in [3.8, 4) is 11.8 Å². The minimum atomic E-state index is -0.443. The van der Waals surface area contributed by atoms with Crippen molar-refractivity contribution in [2.75, 3.05) is 26.2 Å². The van der Waals surface area contributed by atoms with Crippen LogP contribution >= 0.6 is 0 Å². The van der Waals surface area contributed by atoms with Crippen molar-refractivity contribution in [3.05, 3.63) is 48.4 Å². The van der Waals surface area contributed by atoms with Crippen LogP contribution in [0, 0.1) is 17.2 Å². The fourth-order valence-corrected chi connectivity index (χ4v) is 4.14. The summed E-state index contributed by atoms with van der Waals surface area (Å²) in [7, 11) is 0. The maximum Gasteiger partial charge on any atom is 0.138 e. The number of pyridine rings is 1. The fourth-order valence-electron chi connectivity index (χ4n) is 4.14. The molecular weight excluding hydrogens is 428 g/mol. The highest BCUT2D eigenvalue weighted by Crippen LogP contribution is 2.28. The topological polar surface area (TPSA) is 98.2 Å². The van der Waals surface area contributed by atoms with Crippen molar-refractivity contribution < 1.29 is 9.84 Å². The Bertz CT molecular complexity index is 1090. The Hall–Kier alpha value is -3.15. The predicted molar refractivity (Wildman–Crippen MR) is 136 cm³/mol. The molecule has 8 nitrogen and oxygen atoms in total. The van der Waals surface area contributed by atoms with Crippen LogP contribution in [0.1, 0.15) is 51.7 Å². The van der Waals surface area contributed by atoms with Gasteiger partial charge in [0, 0.05) is 36.5 Å². The molecule has 1 saturated heterocycles. The van der Waals surface area contributed by atoms with Gasteiger partial charge >= 0.3 is 0 Å². The van der Waals surface area contributed by atoms with Crippen molar-refractivity contribution in [3.63, 3.8) is 0 Å². The van der Waals surface area contributed by atoms with Gasteiger partial charge in [-0.25, -0.2) is 9.51 Å². The average molecular weight is 465 g/mol. The maximum absolute atomic E-state index is 10.6. The molecule has 3 heterocycles. The quantitative estimate of drug-likeness (QED) is 0.334. The number of nitriles is 1. The van der Waals surface area contributed by atoms with Crippen LogP contribution in [0.4, 0.5) is 0 Å². The first-order valence-electron chi connectivity index (χ1n) is 12.0. The summed E-state index contributed by atoms with van der Waals surface area (Å²) in [5.41, 5.74) is 2.70. The van der Waals surface area contributed by atoms with Gasteiger partial charge in [0.25, 0.3) is 0 Å². The zero-order valence-corrected chi connectivity index (χ0v) is 20.7. The van der Waals surface area contributed by atoms with Gasteiger partial charge in [0.05, 0.1) is 36.2 Å². The Labute approximate surface area is 202 Å². The van der Waals surface area contributed by atoms with E-state index in [4.69, 9.17) is 4.74 Å². The smallest absolute Gasteiger partial charge is 0.138 e. The molecule has 0 amide bonds. The van der Waals surface area contributed by atoms with Crippen molar-refractivity contribution in [2.24, 2.45) is 10.9 Å². The molecule has 2 atom stereocenters. The third kappa shape index (κ3) is 6.04. The SMILES string of the molecule is C=C/C(=C\N=C(C)N1CC[C@H](NCCC(C)C)[C@@H](O)C1)c1cc(OCC)cn2ncc(C#N)c12. The standard InChI is InChI=1S/C26H36N6O2/c1-6-20(23-12-22(34-7-2)16-32-26(23)21(13-27)15-30-32)14-29-19(5)31-11-9-24(25(33)17-31)28-10-8-18(3)4/h6,12,14-16,18,24-25,28,33H,1,7-11,17H2,2-5H3/b20-14+,29-19?/t24-,25-/m0/s1. The number of amidine groups is 1. The second-order valence-electron chi connectivity index (χ2n) is 9.00. The lowest BCUT2D eigenvalue weighted by Gasteiger charge is -2.37. The number of β-amino-alcohol motifs (C(OH)–C–C–N with tert-alkyl or cyclic N) is 1. The van der Waals surface area contributed by atoms with E-state index in [2.05, 4.69) is 46.8 Å². The van der Waals surface area contributed by atoms with Crippen LogP contribution in [0.2, 0.25) is 0 Å². The molecular formula is C26H36N6O2. The lowest BCUT2D eigenvalue weighted by molar-refractivity contribution is 0.0672. The second kappa shape index (κ2) is 11.8.